The van der Waals surface area contributed by atoms with Gasteiger partial charge in [0.25, 0.3) is 0 Å². The number of carbonyl (C=O) groups is 1. The minimum atomic E-state index is -0.463. The SMILES string of the molecule is CCC(CC)(CN)C(=O)Nc1cc(C)c(Br)c(C)c1. The molecule has 0 aliphatic heterocycles. The Labute approximate surface area is 124 Å². The third-order valence-corrected chi connectivity index (χ3v) is 5.17. The number of nitrogens with two attached hydrogens (primary N) is 1. The number of aryl methyl sites for hydroxylation is 2. The first-order chi connectivity index (χ1) is 8.90. The van der Waals surface area contributed by atoms with Crippen LogP contribution in [0.2, 0.25) is 0 Å². The topological polar surface area (TPSA) is 55.1 Å². The van der Waals surface area contributed by atoms with Crippen LogP contribution in [0.1, 0.15) is 37.8 Å². The van der Waals surface area contributed by atoms with Gasteiger partial charge in [-0.2, -0.15) is 0 Å². The van der Waals surface area contributed by atoms with Gasteiger partial charge in [0.2, 0.25) is 5.91 Å². The highest BCUT2D eigenvalue weighted by Crippen LogP contribution is 2.29. The first kappa shape index (κ1) is 16.2. The highest BCUT2D eigenvalue weighted by molar-refractivity contribution is 9.10. The number of amides is 1. The lowest BCUT2D eigenvalue weighted by molar-refractivity contribution is -0.125. The van der Waals surface area contributed by atoms with Gasteiger partial charge < -0.3 is 11.1 Å². The van der Waals surface area contributed by atoms with E-state index in [9.17, 15) is 4.79 Å². The van der Waals surface area contributed by atoms with Crippen molar-refractivity contribution in [1.29, 1.82) is 0 Å². The lowest BCUT2D eigenvalue weighted by Crippen LogP contribution is -2.41. The van der Waals surface area contributed by atoms with Crippen molar-refractivity contribution in [3.63, 3.8) is 0 Å². The van der Waals surface area contributed by atoms with Crippen LogP contribution in [-0.2, 0) is 4.79 Å². The third kappa shape index (κ3) is 3.37. The molecular weight excluding hydrogens is 304 g/mol. The standard InChI is InChI=1S/C15H23BrN2O/c1-5-15(6-2,9-17)14(19)18-12-7-10(3)13(16)11(4)8-12/h7-8H,5-6,9,17H2,1-4H3,(H,18,19). The van der Waals surface area contributed by atoms with Crippen molar-refractivity contribution in [3.05, 3.63) is 27.7 Å². The van der Waals surface area contributed by atoms with Crippen molar-refractivity contribution < 1.29 is 4.79 Å². The van der Waals surface area contributed by atoms with Gasteiger partial charge in [-0.25, -0.2) is 0 Å². The summed E-state index contributed by atoms with van der Waals surface area (Å²) in [7, 11) is 0. The number of rotatable bonds is 5. The minimum absolute atomic E-state index is 0.0149. The summed E-state index contributed by atoms with van der Waals surface area (Å²) in [6, 6.07) is 3.95. The molecule has 3 N–H and O–H groups in total. The number of halogens is 1. The lowest BCUT2D eigenvalue weighted by atomic mass is 9.81. The summed E-state index contributed by atoms with van der Waals surface area (Å²) < 4.78 is 1.08. The Hall–Kier alpha value is -0.870. The Kier molecular flexibility index (Phi) is 5.56. The summed E-state index contributed by atoms with van der Waals surface area (Å²) in [4.78, 5) is 12.4. The molecule has 0 aliphatic carbocycles. The number of nitrogens with one attached hydrogen (secondary N) is 1. The number of hydrogen-bond acceptors (Lipinski definition) is 2. The van der Waals surface area contributed by atoms with Crippen LogP contribution in [0.15, 0.2) is 16.6 Å². The molecule has 4 heteroatoms. The second-order valence-corrected chi connectivity index (χ2v) is 5.86. The Morgan fingerprint density at radius 2 is 1.74 bits per heavy atom. The molecule has 0 atom stereocenters. The zero-order chi connectivity index (χ0) is 14.6. The molecule has 1 rings (SSSR count). The molecule has 0 saturated carbocycles. The van der Waals surface area contributed by atoms with Gasteiger partial charge in [-0.3, -0.25) is 4.79 Å². The summed E-state index contributed by atoms with van der Waals surface area (Å²) >= 11 is 3.53. The summed E-state index contributed by atoms with van der Waals surface area (Å²) in [5, 5.41) is 3.00. The fraction of sp³-hybridized carbons (Fsp3) is 0.533. The van der Waals surface area contributed by atoms with Crippen molar-refractivity contribution in [1.82, 2.24) is 0 Å². The first-order valence-corrected chi connectivity index (χ1v) is 7.47. The highest BCUT2D eigenvalue weighted by atomic mass is 79.9. The smallest absolute Gasteiger partial charge is 0.231 e. The van der Waals surface area contributed by atoms with Crippen LogP contribution in [0.4, 0.5) is 5.69 Å². The van der Waals surface area contributed by atoms with Crippen LogP contribution in [0, 0.1) is 19.3 Å². The van der Waals surface area contributed by atoms with E-state index in [1.165, 1.54) is 0 Å². The van der Waals surface area contributed by atoms with E-state index in [-0.39, 0.29) is 5.91 Å². The zero-order valence-electron chi connectivity index (χ0n) is 12.1. The molecule has 0 spiro atoms. The van der Waals surface area contributed by atoms with Crippen molar-refractivity contribution >= 4 is 27.5 Å². The Balaban J connectivity index is 2.99. The average molecular weight is 327 g/mol. The van der Waals surface area contributed by atoms with Crippen LogP contribution in [-0.4, -0.2) is 12.5 Å². The van der Waals surface area contributed by atoms with Crippen LogP contribution in [0.5, 0.6) is 0 Å². The Morgan fingerprint density at radius 3 is 2.11 bits per heavy atom. The van der Waals surface area contributed by atoms with E-state index >= 15 is 0 Å². The van der Waals surface area contributed by atoms with Gasteiger partial charge in [-0.15, -0.1) is 0 Å². The number of hydrogen-bond donors (Lipinski definition) is 2. The molecule has 106 valence electrons. The average Bonchev–Trinajstić information content (AvgIpc) is 2.38. The van der Waals surface area contributed by atoms with Crippen molar-refractivity contribution in [2.75, 3.05) is 11.9 Å². The Morgan fingerprint density at radius 1 is 1.26 bits per heavy atom. The molecule has 0 aliphatic rings. The predicted octanol–water partition coefficient (Wildman–Crippen LogP) is 3.77. The monoisotopic (exact) mass is 326 g/mol. The predicted molar refractivity (Wildman–Crippen MR) is 84.3 cm³/mol. The maximum Gasteiger partial charge on any atom is 0.231 e. The minimum Gasteiger partial charge on any atom is -0.329 e. The molecule has 0 radical (unpaired) electrons. The number of benzene rings is 1. The van der Waals surface area contributed by atoms with Crippen molar-refractivity contribution in [3.8, 4) is 0 Å². The quantitative estimate of drug-likeness (QED) is 0.865. The normalized spacial score (nSPS) is 11.5. The summed E-state index contributed by atoms with van der Waals surface area (Å²) in [5.74, 6) is 0.0149. The van der Waals surface area contributed by atoms with Crippen molar-refractivity contribution in [2.24, 2.45) is 11.1 Å². The molecule has 0 unspecified atom stereocenters. The maximum atomic E-state index is 12.4. The molecule has 0 fully saturated rings. The van der Waals surface area contributed by atoms with E-state index in [1.807, 2.05) is 39.8 Å². The van der Waals surface area contributed by atoms with Crippen LogP contribution >= 0.6 is 15.9 Å². The molecule has 1 aromatic rings. The van der Waals surface area contributed by atoms with E-state index in [1.54, 1.807) is 0 Å². The van der Waals surface area contributed by atoms with E-state index in [0.717, 1.165) is 34.1 Å². The summed E-state index contributed by atoms with van der Waals surface area (Å²) in [6.45, 7) is 8.42. The van der Waals surface area contributed by atoms with Gasteiger partial charge in [0.15, 0.2) is 0 Å². The maximum absolute atomic E-state index is 12.4. The fourth-order valence-corrected chi connectivity index (χ4v) is 2.46. The summed E-state index contributed by atoms with van der Waals surface area (Å²) in [5.41, 5.74) is 8.40. The van der Waals surface area contributed by atoms with Gasteiger partial charge in [0.1, 0.15) is 0 Å². The molecule has 0 bridgehead atoms. The van der Waals surface area contributed by atoms with E-state index in [2.05, 4.69) is 21.2 Å². The van der Waals surface area contributed by atoms with Crippen molar-refractivity contribution in [2.45, 2.75) is 40.5 Å². The van der Waals surface area contributed by atoms with E-state index in [0.29, 0.717) is 6.54 Å². The zero-order valence-corrected chi connectivity index (χ0v) is 13.7. The van der Waals surface area contributed by atoms with Crippen LogP contribution in [0.3, 0.4) is 0 Å². The molecule has 0 aromatic heterocycles. The Bertz CT molecular complexity index is 436. The fourth-order valence-electron chi connectivity index (χ4n) is 2.23. The lowest BCUT2D eigenvalue weighted by Gasteiger charge is -2.28. The van der Waals surface area contributed by atoms with Crippen LogP contribution in [0.25, 0.3) is 0 Å². The van der Waals surface area contributed by atoms with E-state index < -0.39 is 5.41 Å². The molecule has 0 heterocycles. The molecule has 3 nitrogen and oxygen atoms in total. The van der Waals surface area contributed by atoms with Gasteiger partial charge in [0, 0.05) is 16.7 Å². The molecule has 0 saturated heterocycles. The number of carbonyl (C=O) groups excluding carboxylic acids is 1. The largest absolute Gasteiger partial charge is 0.329 e. The van der Waals surface area contributed by atoms with Crippen LogP contribution < -0.4 is 11.1 Å². The first-order valence-electron chi connectivity index (χ1n) is 6.68. The molecule has 19 heavy (non-hydrogen) atoms. The van der Waals surface area contributed by atoms with Gasteiger partial charge >= 0.3 is 0 Å². The highest BCUT2D eigenvalue weighted by Gasteiger charge is 2.33. The van der Waals surface area contributed by atoms with Gasteiger partial charge in [0.05, 0.1) is 5.41 Å². The summed E-state index contributed by atoms with van der Waals surface area (Å²) in [6.07, 6.45) is 1.50. The second kappa shape index (κ2) is 6.53. The second-order valence-electron chi connectivity index (χ2n) is 5.07. The van der Waals surface area contributed by atoms with Gasteiger partial charge in [-0.05, 0) is 49.9 Å². The molecular formula is C15H23BrN2O. The third-order valence-electron chi connectivity index (χ3n) is 3.92. The molecule has 1 aromatic carbocycles. The van der Waals surface area contributed by atoms with Gasteiger partial charge in [-0.1, -0.05) is 29.8 Å². The van der Waals surface area contributed by atoms with E-state index in [4.69, 9.17) is 5.73 Å². The molecule has 1 amide bonds. The number of anilines is 1.